The Morgan fingerprint density at radius 2 is 2.04 bits per heavy atom. The van der Waals surface area contributed by atoms with Crippen LogP contribution in [0.2, 0.25) is 0 Å². The number of halogens is 1. The normalized spacial score (nSPS) is 15.1. The highest BCUT2D eigenvalue weighted by Gasteiger charge is 2.20. The van der Waals surface area contributed by atoms with Gasteiger partial charge < -0.3 is 15.5 Å². The molecule has 2 heterocycles. The van der Waals surface area contributed by atoms with Gasteiger partial charge in [0.1, 0.15) is 11.6 Å². The van der Waals surface area contributed by atoms with E-state index in [1.165, 1.54) is 6.07 Å². The van der Waals surface area contributed by atoms with Gasteiger partial charge in [-0.25, -0.2) is 9.37 Å². The summed E-state index contributed by atoms with van der Waals surface area (Å²) in [6.07, 6.45) is 2.51. The maximum Gasteiger partial charge on any atom is 0.257 e. The number of amides is 1. The van der Waals surface area contributed by atoms with E-state index in [1.54, 1.807) is 36.5 Å². The molecule has 6 heteroatoms. The van der Waals surface area contributed by atoms with Crippen molar-refractivity contribution < 1.29 is 9.18 Å². The lowest BCUT2D eigenvalue weighted by Crippen LogP contribution is -2.34. The number of anilines is 2. The first-order chi connectivity index (χ1) is 11.3. The maximum atomic E-state index is 13.8. The van der Waals surface area contributed by atoms with Crippen LogP contribution in [-0.4, -0.2) is 42.0 Å². The zero-order valence-corrected chi connectivity index (χ0v) is 12.8. The SMILES string of the molecule is O=C(c1cccnc1Nc1ccccc1F)N1CCCNCC1. The van der Waals surface area contributed by atoms with Crippen molar-refractivity contribution >= 4 is 17.4 Å². The molecule has 5 nitrogen and oxygen atoms in total. The van der Waals surface area contributed by atoms with Crippen LogP contribution in [0.3, 0.4) is 0 Å². The van der Waals surface area contributed by atoms with Crippen molar-refractivity contribution in [1.82, 2.24) is 15.2 Å². The number of carbonyl (C=O) groups is 1. The van der Waals surface area contributed by atoms with E-state index in [9.17, 15) is 9.18 Å². The first kappa shape index (κ1) is 15.4. The number of pyridine rings is 1. The van der Waals surface area contributed by atoms with Crippen molar-refractivity contribution in [2.24, 2.45) is 0 Å². The first-order valence-electron chi connectivity index (χ1n) is 7.72. The Kier molecular flexibility index (Phi) is 4.83. The van der Waals surface area contributed by atoms with Crippen molar-refractivity contribution in [2.75, 3.05) is 31.5 Å². The van der Waals surface area contributed by atoms with E-state index in [-0.39, 0.29) is 11.7 Å². The number of hydrogen-bond donors (Lipinski definition) is 2. The minimum absolute atomic E-state index is 0.0827. The average Bonchev–Trinajstić information content (AvgIpc) is 2.86. The summed E-state index contributed by atoms with van der Waals surface area (Å²) in [6.45, 7) is 3.06. The van der Waals surface area contributed by atoms with Crippen molar-refractivity contribution in [3.63, 3.8) is 0 Å². The molecule has 0 bridgehead atoms. The van der Waals surface area contributed by atoms with E-state index >= 15 is 0 Å². The van der Waals surface area contributed by atoms with Gasteiger partial charge in [0.25, 0.3) is 5.91 Å². The molecule has 3 rings (SSSR count). The molecule has 1 aliphatic rings. The summed E-state index contributed by atoms with van der Waals surface area (Å²) < 4.78 is 13.8. The van der Waals surface area contributed by atoms with E-state index < -0.39 is 0 Å². The molecule has 1 aromatic heterocycles. The van der Waals surface area contributed by atoms with E-state index in [0.717, 1.165) is 19.5 Å². The third-order valence-corrected chi connectivity index (χ3v) is 3.79. The van der Waals surface area contributed by atoms with Crippen LogP contribution in [-0.2, 0) is 0 Å². The van der Waals surface area contributed by atoms with E-state index in [2.05, 4.69) is 15.6 Å². The number of hydrogen-bond acceptors (Lipinski definition) is 4. The maximum absolute atomic E-state index is 13.8. The number of para-hydroxylation sites is 1. The second kappa shape index (κ2) is 7.19. The zero-order valence-electron chi connectivity index (χ0n) is 12.8. The van der Waals surface area contributed by atoms with Crippen LogP contribution in [0.4, 0.5) is 15.9 Å². The molecular weight excluding hydrogens is 295 g/mol. The molecule has 1 fully saturated rings. The molecule has 2 aromatic rings. The van der Waals surface area contributed by atoms with Gasteiger partial charge in [-0.05, 0) is 37.2 Å². The Bertz CT molecular complexity index is 684. The molecule has 1 aliphatic heterocycles. The van der Waals surface area contributed by atoms with Gasteiger partial charge in [0.05, 0.1) is 11.3 Å². The smallest absolute Gasteiger partial charge is 0.257 e. The van der Waals surface area contributed by atoms with Crippen LogP contribution in [0.25, 0.3) is 0 Å². The molecule has 120 valence electrons. The van der Waals surface area contributed by atoms with Crippen LogP contribution in [0, 0.1) is 5.82 Å². The fourth-order valence-electron chi connectivity index (χ4n) is 2.59. The fourth-order valence-corrected chi connectivity index (χ4v) is 2.59. The van der Waals surface area contributed by atoms with Crippen LogP contribution >= 0.6 is 0 Å². The second-order valence-electron chi connectivity index (χ2n) is 5.40. The van der Waals surface area contributed by atoms with Crippen LogP contribution < -0.4 is 10.6 Å². The van der Waals surface area contributed by atoms with Crippen molar-refractivity contribution in [3.05, 3.63) is 54.0 Å². The molecule has 1 amide bonds. The van der Waals surface area contributed by atoms with Crippen molar-refractivity contribution in [1.29, 1.82) is 0 Å². The highest BCUT2D eigenvalue weighted by Crippen LogP contribution is 2.22. The lowest BCUT2D eigenvalue weighted by atomic mass is 10.2. The number of nitrogens with zero attached hydrogens (tertiary/aromatic N) is 2. The van der Waals surface area contributed by atoms with Crippen molar-refractivity contribution in [3.8, 4) is 0 Å². The van der Waals surface area contributed by atoms with Gasteiger partial charge in [0.2, 0.25) is 0 Å². The third-order valence-electron chi connectivity index (χ3n) is 3.79. The molecule has 0 aliphatic carbocycles. The molecule has 2 N–H and O–H groups in total. The van der Waals surface area contributed by atoms with E-state index in [1.807, 2.05) is 4.90 Å². The Balaban J connectivity index is 1.85. The number of nitrogens with one attached hydrogen (secondary N) is 2. The average molecular weight is 314 g/mol. The van der Waals surface area contributed by atoms with Gasteiger partial charge >= 0.3 is 0 Å². The zero-order chi connectivity index (χ0) is 16.1. The summed E-state index contributed by atoms with van der Waals surface area (Å²) in [4.78, 5) is 18.8. The second-order valence-corrected chi connectivity index (χ2v) is 5.40. The Hall–Kier alpha value is -2.47. The fraction of sp³-hybridized carbons (Fsp3) is 0.294. The minimum Gasteiger partial charge on any atom is -0.337 e. The summed E-state index contributed by atoms with van der Waals surface area (Å²) in [5.41, 5.74) is 0.760. The quantitative estimate of drug-likeness (QED) is 0.913. The molecule has 1 aromatic carbocycles. The highest BCUT2D eigenvalue weighted by atomic mass is 19.1. The van der Waals surface area contributed by atoms with Crippen molar-refractivity contribution in [2.45, 2.75) is 6.42 Å². The Morgan fingerprint density at radius 1 is 1.17 bits per heavy atom. The Morgan fingerprint density at radius 3 is 2.91 bits per heavy atom. The van der Waals surface area contributed by atoms with Gasteiger partial charge in [-0.3, -0.25) is 4.79 Å². The topological polar surface area (TPSA) is 57.3 Å². The van der Waals surface area contributed by atoms with E-state index in [0.29, 0.717) is 30.2 Å². The lowest BCUT2D eigenvalue weighted by molar-refractivity contribution is 0.0767. The van der Waals surface area contributed by atoms with Gasteiger partial charge in [0.15, 0.2) is 0 Å². The molecule has 0 saturated carbocycles. The predicted molar refractivity (Wildman–Crippen MR) is 87.3 cm³/mol. The van der Waals surface area contributed by atoms with Gasteiger partial charge in [0, 0.05) is 25.8 Å². The number of aromatic nitrogens is 1. The van der Waals surface area contributed by atoms with Crippen LogP contribution in [0.1, 0.15) is 16.8 Å². The predicted octanol–water partition coefficient (Wildman–Crippen LogP) is 2.40. The molecular formula is C17H19FN4O. The van der Waals surface area contributed by atoms with Gasteiger partial charge in [-0.15, -0.1) is 0 Å². The van der Waals surface area contributed by atoms with Crippen LogP contribution in [0.5, 0.6) is 0 Å². The highest BCUT2D eigenvalue weighted by molar-refractivity contribution is 5.99. The third kappa shape index (κ3) is 3.65. The summed E-state index contributed by atoms with van der Waals surface area (Å²) in [7, 11) is 0. The standard InChI is InChI=1S/C17H19FN4O/c18-14-6-1-2-7-15(14)21-16-13(5-3-9-20-16)17(23)22-11-4-8-19-10-12-22/h1-3,5-7,9,19H,4,8,10-12H2,(H,20,21). The molecule has 0 radical (unpaired) electrons. The largest absolute Gasteiger partial charge is 0.337 e. The molecule has 23 heavy (non-hydrogen) atoms. The first-order valence-corrected chi connectivity index (χ1v) is 7.72. The van der Waals surface area contributed by atoms with E-state index in [4.69, 9.17) is 0 Å². The molecule has 0 spiro atoms. The molecule has 0 atom stereocenters. The molecule has 0 unspecified atom stereocenters. The monoisotopic (exact) mass is 314 g/mol. The number of rotatable bonds is 3. The van der Waals surface area contributed by atoms with Gasteiger partial charge in [-0.1, -0.05) is 12.1 Å². The Labute approximate surface area is 134 Å². The minimum atomic E-state index is -0.379. The van der Waals surface area contributed by atoms with Crippen LogP contribution in [0.15, 0.2) is 42.6 Å². The summed E-state index contributed by atoms with van der Waals surface area (Å²) in [5.74, 6) is -0.0871. The van der Waals surface area contributed by atoms with Gasteiger partial charge in [-0.2, -0.15) is 0 Å². The summed E-state index contributed by atoms with van der Waals surface area (Å²) >= 11 is 0. The lowest BCUT2D eigenvalue weighted by Gasteiger charge is -2.21. The summed E-state index contributed by atoms with van der Waals surface area (Å²) in [6, 6.07) is 9.78. The summed E-state index contributed by atoms with van der Waals surface area (Å²) in [5, 5.41) is 6.20. The number of benzene rings is 1. The number of carbonyl (C=O) groups excluding carboxylic acids is 1. The molecule has 1 saturated heterocycles.